The van der Waals surface area contributed by atoms with Gasteiger partial charge in [-0.1, -0.05) is 42.7 Å². The summed E-state index contributed by atoms with van der Waals surface area (Å²) >= 11 is 0. The van der Waals surface area contributed by atoms with Crippen LogP contribution in [0, 0.1) is 17.8 Å². The third-order valence-corrected chi connectivity index (χ3v) is 8.82. The first-order chi connectivity index (χ1) is 21.1. The van der Waals surface area contributed by atoms with E-state index in [9.17, 15) is 46.1 Å². The molecule has 2 saturated heterocycles. The Bertz CT molecular complexity index is 1520. The molecule has 2 amide bonds. The Morgan fingerprint density at radius 3 is 2.27 bits per heavy atom. The average Bonchev–Trinajstić information content (AvgIpc) is 3.19. The molecule has 240 valence electrons. The minimum atomic E-state index is -5.15. The molecule has 2 fully saturated rings. The number of amides is 2. The number of nitrogens with zero attached hydrogens (tertiary/aromatic N) is 1. The topological polar surface area (TPSA) is 87.1 Å². The molecule has 45 heavy (non-hydrogen) atoms. The normalized spacial score (nSPS) is 24.3. The molecule has 2 heterocycles. The van der Waals surface area contributed by atoms with E-state index in [0.717, 1.165) is 35.1 Å². The molecule has 6 nitrogen and oxygen atoms in total. The summed E-state index contributed by atoms with van der Waals surface area (Å²) < 4.78 is 87.3. The summed E-state index contributed by atoms with van der Waals surface area (Å²) in [7, 11) is -1.29. The molecule has 3 aliphatic rings. The van der Waals surface area contributed by atoms with Gasteiger partial charge in [0.25, 0.3) is 0 Å². The molecule has 13 heteroatoms. The molecule has 2 aromatic carbocycles. The number of hydrogen-bond acceptors (Lipinski definition) is 5. The lowest BCUT2D eigenvalue weighted by atomic mass is 9.58. The van der Waals surface area contributed by atoms with Gasteiger partial charge in [0.2, 0.25) is 11.8 Å². The number of benzene rings is 2. The van der Waals surface area contributed by atoms with Crippen molar-refractivity contribution in [3.8, 4) is 5.75 Å². The molecular weight excluding hydrogens is 603 g/mol. The maximum atomic E-state index is 13.8. The summed E-state index contributed by atoms with van der Waals surface area (Å²) in [5.74, 6) is -4.38. The van der Waals surface area contributed by atoms with E-state index in [-0.39, 0.29) is 24.6 Å². The zero-order valence-electron chi connectivity index (χ0n) is 24.6. The average molecular weight is 635 g/mol. The number of aromatic hydroxyl groups is 1. The van der Waals surface area contributed by atoms with Crippen LogP contribution in [0.3, 0.4) is 0 Å². The van der Waals surface area contributed by atoms with Gasteiger partial charge in [0, 0.05) is 0 Å². The molecule has 4 atom stereocenters. The van der Waals surface area contributed by atoms with Crippen molar-refractivity contribution in [1.82, 2.24) is 0 Å². The molecule has 1 aliphatic carbocycles. The van der Waals surface area contributed by atoms with Crippen molar-refractivity contribution in [2.24, 2.45) is 17.8 Å². The van der Waals surface area contributed by atoms with Gasteiger partial charge in [0.1, 0.15) is 5.75 Å². The quantitative estimate of drug-likeness (QED) is 0.143. The zero-order valence-corrected chi connectivity index (χ0v) is 24.6. The largest absolute Gasteiger partial charge is 0.508 e. The molecule has 0 bridgehead atoms. The van der Waals surface area contributed by atoms with E-state index in [1.165, 1.54) is 0 Å². The van der Waals surface area contributed by atoms with Gasteiger partial charge in [-0.05, 0) is 86.3 Å². The van der Waals surface area contributed by atoms with Crippen LogP contribution in [0.15, 0.2) is 59.2 Å². The van der Waals surface area contributed by atoms with Crippen molar-refractivity contribution in [3.63, 3.8) is 0 Å². The van der Waals surface area contributed by atoms with Crippen molar-refractivity contribution in [2.45, 2.75) is 70.7 Å². The molecule has 0 aromatic heterocycles. The third kappa shape index (κ3) is 6.69. The lowest BCUT2D eigenvalue weighted by Gasteiger charge is -2.42. The van der Waals surface area contributed by atoms with Crippen molar-refractivity contribution in [3.05, 3.63) is 75.9 Å². The van der Waals surface area contributed by atoms with Crippen LogP contribution in [0.4, 0.5) is 32.0 Å². The standard InChI is InChI=1S/C32H32BF6NO5/c1-3-5-18(11-19-6-4-7-23(41)12-19)8-9-26-27-17(2)10-24-28(25(27)16-33(44)45-26)30(43)40(29(24)42)22-14-20(31(34,35)36)13-21(15-22)32(37,38)39/h4,6-7,11-15,24-26,28,41,44H,3,5,8-10,16H2,1-2H3/b18-11+/t24-,25+,26-,28-/m1/s1. The summed E-state index contributed by atoms with van der Waals surface area (Å²) in [5.41, 5.74) is -0.671. The van der Waals surface area contributed by atoms with E-state index >= 15 is 0 Å². The highest BCUT2D eigenvalue weighted by Crippen LogP contribution is 2.52. The zero-order chi connectivity index (χ0) is 32.8. The first-order valence-electron chi connectivity index (χ1n) is 14.8. The summed E-state index contributed by atoms with van der Waals surface area (Å²) in [6, 6.07) is 7.52. The van der Waals surface area contributed by atoms with E-state index in [0.29, 0.717) is 29.9 Å². The number of hydrogen-bond donors (Lipinski definition) is 2. The van der Waals surface area contributed by atoms with Gasteiger partial charge in [-0.3, -0.25) is 9.59 Å². The second-order valence-corrected chi connectivity index (χ2v) is 12.0. The van der Waals surface area contributed by atoms with Crippen LogP contribution in [0.1, 0.15) is 62.6 Å². The number of fused-ring (bicyclic) bond motifs is 3. The number of alkyl halides is 6. The Balaban J connectivity index is 1.45. The second-order valence-electron chi connectivity index (χ2n) is 12.0. The molecule has 2 N–H and O–H groups in total. The van der Waals surface area contributed by atoms with Gasteiger partial charge in [-0.2, -0.15) is 26.3 Å². The number of rotatable bonds is 7. The van der Waals surface area contributed by atoms with E-state index in [1.54, 1.807) is 25.1 Å². The lowest BCUT2D eigenvalue weighted by Crippen LogP contribution is -2.46. The summed E-state index contributed by atoms with van der Waals surface area (Å²) in [6.45, 7) is 3.80. The Hall–Kier alpha value is -3.58. The summed E-state index contributed by atoms with van der Waals surface area (Å²) in [4.78, 5) is 27.8. The molecule has 0 spiro atoms. The highest BCUT2D eigenvalue weighted by molar-refractivity contribution is 6.43. The monoisotopic (exact) mass is 635 g/mol. The number of phenolic OH excluding ortho intramolecular Hbond substituents is 1. The Morgan fingerprint density at radius 2 is 1.67 bits per heavy atom. The van der Waals surface area contributed by atoms with Crippen LogP contribution < -0.4 is 4.90 Å². The predicted octanol–water partition coefficient (Wildman–Crippen LogP) is 7.42. The predicted molar refractivity (Wildman–Crippen MR) is 155 cm³/mol. The Kier molecular flexibility index (Phi) is 8.98. The third-order valence-electron chi connectivity index (χ3n) is 8.82. The van der Waals surface area contributed by atoms with Crippen LogP contribution in [0.2, 0.25) is 6.32 Å². The highest BCUT2D eigenvalue weighted by atomic mass is 19.4. The highest BCUT2D eigenvalue weighted by Gasteiger charge is 2.57. The molecular formula is C32H32BF6NO5. The smallest absolute Gasteiger partial charge is 0.455 e. The van der Waals surface area contributed by atoms with Crippen LogP contribution in [-0.2, 0) is 26.6 Å². The maximum absolute atomic E-state index is 13.8. The second kappa shape index (κ2) is 12.3. The lowest BCUT2D eigenvalue weighted by molar-refractivity contribution is -0.143. The molecule has 2 aromatic rings. The Labute approximate surface area is 256 Å². The number of anilines is 1. The number of carbonyl (C=O) groups is 2. The minimum absolute atomic E-state index is 0.0471. The summed E-state index contributed by atoms with van der Waals surface area (Å²) in [5, 5.41) is 20.5. The van der Waals surface area contributed by atoms with Crippen molar-refractivity contribution in [1.29, 1.82) is 0 Å². The Morgan fingerprint density at radius 1 is 1.00 bits per heavy atom. The minimum Gasteiger partial charge on any atom is -0.508 e. The van der Waals surface area contributed by atoms with E-state index in [4.69, 9.17) is 4.65 Å². The van der Waals surface area contributed by atoms with E-state index in [1.807, 2.05) is 19.1 Å². The van der Waals surface area contributed by atoms with Crippen LogP contribution in [0.25, 0.3) is 6.08 Å². The first kappa shape index (κ1) is 32.8. The van der Waals surface area contributed by atoms with Crippen molar-refractivity contribution >= 4 is 30.7 Å². The number of halogens is 6. The number of allylic oxidation sites excluding steroid dienone is 2. The van der Waals surface area contributed by atoms with Gasteiger partial charge < -0.3 is 14.8 Å². The van der Waals surface area contributed by atoms with E-state index < -0.39 is 72.0 Å². The van der Waals surface area contributed by atoms with Crippen molar-refractivity contribution < 1.29 is 50.7 Å². The van der Waals surface area contributed by atoms with Crippen LogP contribution >= 0.6 is 0 Å². The maximum Gasteiger partial charge on any atom is 0.455 e. The summed E-state index contributed by atoms with van der Waals surface area (Å²) in [6.07, 6.45) is -6.31. The van der Waals surface area contributed by atoms with Crippen molar-refractivity contribution in [2.75, 3.05) is 4.90 Å². The first-order valence-corrected chi connectivity index (χ1v) is 14.8. The van der Waals surface area contributed by atoms with E-state index in [2.05, 4.69) is 0 Å². The fourth-order valence-electron chi connectivity index (χ4n) is 7.00. The van der Waals surface area contributed by atoms with Gasteiger partial charge in [-0.25, -0.2) is 4.90 Å². The fourth-order valence-corrected chi connectivity index (χ4v) is 7.00. The SMILES string of the molecule is CCC/C(=C\c1cccc(O)c1)CC[C@H]1OB(O)C[C@H]2C1=C(C)C[C@H]1C(=O)N(c3cc(C(F)(F)F)cc(C(F)(F)F)c3)C(=O)[C@H]12. The molecule has 0 unspecified atom stereocenters. The van der Waals surface area contributed by atoms with Gasteiger partial charge in [0.05, 0.1) is 34.8 Å². The fraction of sp³-hybridized carbons (Fsp3) is 0.438. The van der Waals surface area contributed by atoms with Gasteiger partial charge in [-0.15, -0.1) is 0 Å². The van der Waals surface area contributed by atoms with Crippen LogP contribution in [0.5, 0.6) is 5.75 Å². The van der Waals surface area contributed by atoms with Gasteiger partial charge >= 0.3 is 19.5 Å². The number of phenols is 1. The van der Waals surface area contributed by atoms with Gasteiger partial charge in [0.15, 0.2) is 0 Å². The number of imide groups is 1. The molecule has 0 saturated carbocycles. The molecule has 5 rings (SSSR count). The van der Waals surface area contributed by atoms with Crippen LogP contribution in [-0.4, -0.2) is 35.2 Å². The number of carbonyl (C=O) groups excluding carboxylic acids is 2. The molecule has 2 aliphatic heterocycles. The molecule has 0 radical (unpaired) electrons.